The van der Waals surface area contributed by atoms with Crippen LogP contribution in [-0.2, 0) is 38.8 Å². The van der Waals surface area contributed by atoms with E-state index in [0.717, 1.165) is 47.8 Å². The molecule has 4 aromatic rings. The van der Waals surface area contributed by atoms with Crippen molar-refractivity contribution in [2.75, 3.05) is 13.2 Å². The van der Waals surface area contributed by atoms with E-state index in [1.165, 1.54) is 36.4 Å². The van der Waals surface area contributed by atoms with Gasteiger partial charge in [-0.3, -0.25) is 0 Å². The van der Waals surface area contributed by atoms with Crippen LogP contribution in [0.15, 0.2) is 105 Å². The fourth-order valence-corrected chi connectivity index (χ4v) is 7.96. The topological polar surface area (TPSA) is 87.6 Å². The van der Waals surface area contributed by atoms with E-state index in [9.17, 15) is 39.7 Å². The number of rotatable bonds is 18. The van der Waals surface area contributed by atoms with Crippen LogP contribution in [0.1, 0.15) is 61.8 Å². The summed E-state index contributed by atoms with van der Waals surface area (Å²) in [6.07, 6.45) is -6.52. The second kappa shape index (κ2) is 18.7. The van der Waals surface area contributed by atoms with Gasteiger partial charge in [0.1, 0.15) is 24.8 Å². The molecule has 2 unspecified atom stereocenters. The molecule has 0 bridgehead atoms. The molecule has 0 aliphatic rings. The molecule has 16 heteroatoms. The van der Waals surface area contributed by atoms with Crippen LogP contribution in [0.2, 0.25) is 0 Å². The van der Waals surface area contributed by atoms with E-state index in [4.69, 9.17) is 20.5 Å². The third-order valence-corrected chi connectivity index (χ3v) is 10.9. The first kappa shape index (κ1) is 43.7. The molecule has 0 aliphatic carbocycles. The lowest BCUT2D eigenvalue weighted by molar-refractivity contribution is -0.138. The van der Waals surface area contributed by atoms with Gasteiger partial charge in [-0.25, -0.2) is 8.78 Å². The fourth-order valence-electron chi connectivity index (χ4n) is 5.28. The van der Waals surface area contributed by atoms with Gasteiger partial charge in [-0.1, -0.05) is 47.8 Å². The minimum atomic E-state index is -4.47. The molecule has 5 nitrogen and oxygen atoms in total. The minimum Gasteiger partial charge on any atom is -0.323 e. The Bertz CT molecular complexity index is 1760. The van der Waals surface area contributed by atoms with Gasteiger partial charge in [-0.05, 0) is 124 Å². The first-order valence-corrected chi connectivity index (χ1v) is 19.5. The molecule has 0 aromatic heterocycles. The summed E-state index contributed by atoms with van der Waals surface area (Å²) in [5, 5.41) is 0. The highest BCUT2D eigenvalue weighted by Crippen LogP contribution is 2.37. The Morgan fingerprint density at radius 1 is 0.593 bits per heavy atom. The molecule has 4 rings (SSSR count). The molecule has 0 heterocycles. The lowest BCUT2D eigenvalue weighted by Gasteiger charge is -2.22. The maximum absolute atomic E-state index is 14.8. The third kappa shape index (κ3) is 14.2. The van der Waals surface area contributed by atoms with Crippen molar-refractivity contribution >= 4 is 31.8 Å². The number of hydrogen-bond donors (Lipinski definition) is 2. The van der Waals surface area contributed by atoms with Crippen LogP contribution >= 0.6 is 31.8 Å². The van der Waals surface area contributed by atoms with Crippen molar-refractivity contribution < 1.29 is 48.7 Å². The predicted molar refractivity (Wildman–Crippen MR) is 195 cm³/mol. The zero-order chi connectivity index (χ0) is 39.7. The fraction of sp³-hybridized carbons (Fsp3) is 0.368. The van der Waals surface area contributed by atoms with Crippen LogP contribution in [0.25, 0.3) is 0 Å². The van der Waals surface area contributed by atoms with Crippen molar-refractivity contribution in [3.8, 4) is 0 Å². The van der Waals surface area contributed by atoms with Gasteiger partial charge >= 0.3 is 20.6 Å². The summed E-state index contributed by atoms with van der Waals surface area (Å²) in [6.45, 7) is 3.17. The zero-order valence-corrected chi connectivity index (χ0v) is 31.9. The number of aryl methyl sites for hydroxylation is 2. The number of benzene rings is 4. The minimum absolute atomic E-state index is 0.111. The van der Waals surface area contributed by atoms with Gasteiger partial charge in [-0.15, -0.1) is 9.05 Å². The summed E-state index contributed by atoms with van der Waals surface area (Å²) in [5.41, 5.74) is 10.1. The molecule has 4 N–H and O–H groups in total. The SMILES string of the molecule is CC(N)(CCCc1ccc(Sc2cccc(C(F)(F)F)c2)cc1F)CO[P+](=O)OCC(C)(N)CCCc1ccc(Sc2cccc(C(F)(F)F)c2)cc1F. The summed E-state index contributed by atoms with van der Waals surface area (Å²) in [5.74, 6) is -0.976. The molecule has 0 amide bonds. The van der Waals surface area contributed by atoms with Crippen molar-refractivity contribution in [2.45, 2.75) is 95.4 Å². The molecule has 0 saturated heterocycles. The number of nitrogens with two attached hydrogens (primary N) is 2. The molecule has 0 fully saturated rings. The van der Waals surface area contributed by atoms with E-state index in [-0.39, 0.29) is 13.2 Å². The van der Waals surface area contributed by atoms with Crippen LogP contribution in [0.5, 0.6) is 0 Å². The predicted octanol–water partition coefficient (Wildman–Crippen LogP) is 11.8. The first-order chi connectivity index (χ1) is 25.2. The summed E-state index contributed by atoms with van der Waals surface area (Å²) in [7, 11) is -2.56. The van der Waals surface area contributed by atoms with Crippen molar-refractivity contribution in [2.24, 2.45) is 11.5 Å². The average Bonchev–Trinajstić information content (AvgIpc) is 3.08. The second-order valence-electron chi connectivity index (χ2n) is 13.5. The molecule has 2 atom stereocenters. The van der Waals surface area contributed by atoms with Crippen molar-refractivity contribution in [1.82, 2.24) is 0 Å². The van der Waals surface area contributed by atoms with Crippen LogP contribution in [0.3, 0.4) is 0 Å². The Hall–Kier alpha value is -3.04. The van der Waals surface area contributed by atoms with Gasteiger partial charge in [0, 0.05) is 35.2 Å². The quantitative estimate of drug-likeness (QED) is 0.0763. The van der Waals surface area contributed by atoms with Gasteiger partial charge in [0.05, 0.1) is 11.1 Å². The Balaban J connectivity index is 1.15. The molecule has 0 saturated carbocycles. The van der Waals surface area contributed by atoms with E-state index < -0.39 is 54.4 Å². The Labute approximate surface area is 318 Å². The molecule has 292 valence electrons. The van der Waals surface area contributed by atoms with Crippen LogP contribution in [0, 0.1) is 11.6 Å². The molecular weight excluding hydrogens is 780 g/mol. The van der Waals surface area contributed by atoms with E-state index in [0.29, 0.717) is 69.2 Å². The smallest absolute Gasteiger partial charge is 0.323 e. The van der Waals surface area contributed by atoms with Gasteiger partial charge in [0.15, 0.2) is 0 Å². The third-order valence-electron chi connectivity index (χ3n) is 8.23. The van der Waals surface area contributed by atoms with E-state index in [1.54, 1.807) is 38.1 Å². The summed E-state index contributed by atoms with van der Waals surface area (Å²) < 4.78 is 131. The standard InChI is InChI=1S/C38H40F8N2O3PS2/c1-35(47,17-5-7-25-13-15-31(21-33(25)39)53-29-11-3-9-27(19-29)37(41,42)43)23-50-52(49)51-24-36(2,48)18-6-8-26-14-16-32(22-34(26)40)54-30-12-4-10-28(20-30)38(44,45)46/h3-4,9-16,19-22H,5-8,17-18,23-24,47-48H2,1-2H3/q+1. The van der Waals surface area contributed by atoms with E-state index in [1.807, 2.05) is 0 Å². The van der Waals surface area contributed by atoms with Crippen LogP contribution in [0.4, 0.5) is 35.1 Å². The van der Waals surface area contributed by atoms with Gasteiger partial charge in [-0.2, -0.15) is 26.3 Å². The Morgan fingerprint density at radius 2 is 0.963 bits per heavy atom. The van der Waals surface area contributed by atoms with E-state index >= 15 is 0 Å². The lowest BCUT2D eigenvalue weighted by Crippen LogP contribution is -2.41. The molecule has 0 radical (unpaired) electrons. The average molecular weight is 820 g/mol. The molecular formula is C38H40F8N2O3PS2+. The highest BCUT2D eigenvalue weighted by atomic mass is 32.2. The van der Waals surface area contributed by atoms with Crippen molar-refractivity contribution in [3.05, 3.63) is 119 Å². The van der Waals surface area contributed by atoms with Crippen LogP contribution < -0.4 is 11.5 Å². The normalized spacial score (nSPS) is 14.8. The first-order valence-electron chi connectivity index (χ1n) is 16.8. The zero-order valence-electron chi connectivity index (χ0n) is 29.4. The molecule has 54 heavy (non-hydrogen) atoms. The summed E-state index contributed by atoms with van der Waals surface area (Å²) >= 11 is 2.05. The monoisotopic (exact) mass is 819 g/mol. The second-order valence-corrected chi connectivity index (χ2v) is 16.8. The number of hydrogen-bond acceptors (Lipinski definition) is 7. The number of alkyl halides is 6. The summed E-state index contributed by atoms with van der Waals surface area (Å²) in [6, 6.07) is 18.7. The van der Waals surface area contributed by atoms with Crippen molar-refractivity contribution in [1.29, 1.82) is 0 Å². The maximum Gasteiger partial charge on any atom is 0.697 e. The number of halogens is 8. The van der Waals surface area contributed by atoms with E-state index in [2.05, 4.69) is 0 Å². The van der Waals surface area contributed by atoms with Gasteiger partial charge < -0.3 is 11.5 Å². The van der Waals surface area contributed by atoms with Gasteiger partial charge in [0.25, 0.3) is 0 Å². The maximum atomic E-state index is 14.8. The highest BCUT2D eigenvalue weighted by molar-refractivity contribution is 7.99. The Kier molecular flexibility index (Phi) is 15.2. The summed E-state index contributed by atoms with van der Waals surface area (Å²) in [4.78, 5) is 1.59. The lowest BCUT2D eigenvalue weighted by atomic mass is 9.95. The van der Waals surface area contributed by atoms with Crippen molar-refractivity contribution in [3.63, 3.8) is 0 Å². The van der Waals surface area contributed by atoms with Gasteiger partial charge in [0.2, 0.25) is 0 Å². The highest BCUT2D eigenvalue weighted by Gasteiger charge is 2.33. The molecule has 0 spiro atoms. The molecule has 4 aromatic carbocycles. The Morgan fingerprint density at radius 3 is 1.31 bits per heavy atom. The van der Waals surface area contributed by atoms with Crippen LogP contribution in [-0.4, -0.2) is 24.3 Å². The largest absolute Gasteiger partial charge is 0.697 e. The molecule has 0 aliphatic heterocycles.